The third kappa shape index (κ3) is 4.20. The molecule has 2 aromatic heterocycles. The summed E-state index contributed by atoms with van der Waals surface area (Å²) in [4.78, 5) is 29.4. The quantitative estimate of drug-likeness (QED) is 0.347. The average Bonchev–Trinajstić information content (AvgIpc) is 3.49. The molecule has 0 saturated carbocycles. The fourth-order valence-corrected chi connectivity index (χ4v) is 5.68. The fraction of sp³-hybridized carbons (Fsp3) is 0.207. The summed E-state index contributed by atoms with van der Waals surface area (Å²) in [5.74, 6) is -0.108. The van der Waals surface area contributed by atoms with E-state index in [9.17, 15) is 9.59 Å². The normalized spacial score (nSPS) is 17.6. The number of halogens is 1. The van der Waals surface area contributed by atoms with Gasteiger partial charge in [-0.2, -0.15) is 5.10 Å². The van der Waals surface area contributed by atoms with Gasteiger partial charge in [-0.3, -0.25) is 19.3 Å². The molecule has 3 heterocycles. The Bertz CT molecular complexity index is 1710. The third-order valence-corrected chi connectivity index (χ3v) is 7.49. The summed E-state index contributed by atoms with van der Waals surface area (Å²) in [6.45, 7) is 1.54. The van der Waals surface area contributed by atoms with Gasteiger partial charge in [0.2, 0.25) is 5.91 Å². The molecule has 1 amide bonds. The number of hydrogen-bond donors (Lipinski definition) is 2. The Hall–Kier alpha value is -3.94. The minimum Gasteiger partial charge on any atom is -0.322 e. The van der Waals surface area contributed by atoms with Crippen molar-refractivity contribution in [3.8, 4) is 0 Å². The zero-order valence-corrected chi connectivity index (χ0v) is 21.3. The number of carbonyl (C=O) groups excluding carboxylic acids is 1. The SMILES string of the molecule is CC(=O)N1NC(c2c(Cc3ccccc3)c3cc(Cl)ccc3[nH]c2=O)CC1c1ccc2c(cnn2C)c1. The highest BCUT2D eigenvalue weighted by molar-refractivity contribution is 6.31. The number of aromatic amines is 1. The van der Waals surface area contributed by atoms with Crippen molar-refractivity contribution in [1.29, 1.82) is 0 Å². The van der Waals surface area contributed by atoms with Crippen LogP contribution in [0.25, 0.3) is 21.8 Å². The number of H-pyrrole nitrogens is 1. The number of carbonyl (C=O) groups is 1. The van der Waals surface area contributed by atoms with Crippen molar-refractivity contribution in [1.82, 2.24) is 25.2 Å². The van der Waals surface area contributed by atoms with E-state index in [1.807, 2.05) is 60.4 Å². The van der Waals surface area contributed by atoms with Gasteiger partial charge in [0.1, 0.15) is 0 Å². The lowest BCUT2D eigenvalue weighted by atomic mass is 9.90. The standard InChI is InChI=1S/C29H26ClN5O2/c1-17(36)35-27(19-8-11-26-20(13-19)16-31-34(26)2)15-25(33-35)28-23(12-18-6-4-3-5-7-18)22-14-21(30)9-10-24(22)32-29(28)37/h3-11,13-14,16,25,27,33H,12,15H2,1-2H3,(H,32,37). The number of fused-ring (bicyclic) bond motifs is 2. The Balaban J connectivity index is 1.48. The number of amides is 1. The molecule has 37 heavy (non-hydrogen) atoms. The molecule has 1 aliphatic rings. The number of aromatic nitrogens is 3. The summed E-state index contributed by atoms with van der Waals surface area (Å²) in [5.41, 5.74) is 8.60. The Morgan fingerprint density at radius 3 is 2.70 bits per heavy atom. The van der Waals surface area contributed by atoms with Gasteiger partial charge < -0.3 is 4.98 Å². The van der Waals surface area contributed by atoms with Crippen LogP contribution in [0.3, 0.4) is 0 Å². The second kappa shape index (κ2) is 9.18. The topological polar surface area (TPSA) is 83.0 Å². The summed E-state index contributed by atoms with van der Waals surface area (Å²) < 4.78 is 1.83. The lowest BCUT2D eigenvalue weighted by Gasteiger charge is -2.23. The van der Waals surface area contributed by atoms with Crippen LogP contribution in [0.5, 0.6) is 0 Å². The van der Waals surface area contributed by atoms with Gasteiger partial charge in [0, 0.05) is 40.8 Å². The Morgan fingerprint density at radius 2 is 1.92 bits per heavy atom. The van der Waals surface area contributed by atoms with Crippen LogP contribution in [0.1, 0.15) is 47.7 Å². The predicted octanol–water partition coefficient (Wildman–Crippen LogP) is 5.20. The first-order valence-corrected chi connectivity index (χ1v) is 12.6. The second-order valence-electron chi connectivity index (χ2n) is 9.61. The van der Waals surface area contributed by atoms with Crippen LogP contribution in [0.15, 0.2) is 77.7 Å². The lowest BCUT2D eigenvalue weighted by Crippen LogP contribution is -2.39. The van der Waals surface area contributed by atoms with E-state index in [4.69, 9.17) is 11.6 Å². The van der Waals surface area contributed by atoms with Crippen molar-refractivity contribution in [2.24, 2.45) is 7.05 Å². The van der Waals surface area contributed by atoms with Crippen molar-refractivity contribution >= 4 is 39.3 Å². The molecule has 1 aliphatic heterocycles. The smallest absolute Gasteiger partial charge is 0.253 e. The zero-order chi connectivity index (χ0) is 25.7. The molecule has 6 rings (SSSR count). The zero-order valence-electron chi connectivity index (χ0n) is 20.5. The number of nitrogens with one attached hydrogen (secondary N) is 2. The van der Waals surface area contributed by atoms with E-state index in [1.54, 1.807) is 18.0 Å². The molecule has 0 bridgehead atoms. The highest BCUT2D eigenvalue weighted by Crippen LogP contribution is 2.39. The first-order valence-electron chi connectivity index (χ1n) is 12.2. The van der Waals surface area contributed by atoms with Crippen LogP contribution in [-0.2, 0) is 18.3 Å². The average molecular weight is 512 g/mol. The van der Waals surface area contributed by atoms with E-state index >= 15 is 0 Å². The molecule has 1 fully saturated rings. The molecular weight excluding hydrogens is 486 g/mol. The van der Waals surface area contributed by atoms with E-state index in [0.717, 1.165) is 38.5 Å². The van der Waals surface area contributed by atoms with Crippen molar-refractivity contribution in [3.63, 3.8) is 0 Å². The van der Waals surface area contributed by atoms with E-state index in [0.29, 0.717) is 23.4 Å². The van der Waals surface area contributed by atoms with Gasteiger partial charge in [-0.25, -0.2) is 5.43 Å². The van der Waals surface area contributed by atoms with Crippen molar-refractivity contribution < 1.29 is 4.79 Å². The van der Waals surface area contributed by atoms with Crippen LogP contribution in [0.2, 0.25) is 5.02 Å². The van der Waals surface area contributed by atoms with Gasteiger partial charge in [-0.1, -0.05) is 48.0 Å². The Labute approximate surface area is 218 Å². The van der Waals surface area contributed by atoms with E-state index in [-0.39, 0.29) is 23.6 Å². The number of rotatable bonds is 4. The molecule has 8 heteroatoms. The first kappa shape index (κ1) is 23.5. The number of aryl methyl sites for hydroxylation is 1. The summed E-state index contributed by atoms with van der Waals surface area (Å²) in [5, 5.41) is 8.51. The number of pyridine rings is 1. The molecule has 2 unspecified atom stereocenters. The predicted molar refractivity (Wildman–Crippen MR) is 145 cm³/mol. The number of hydrogen-bond acceptors (Lipinski definition) is 4. The fourth-order valence-electron chi connectivity index (χ4n) is 5.51. The summed E-state index contributed by atoms with van der Waals surface area (Å²) in [6, 6.07) is 21.1. The van der Waals surface area contributed by atoms with Gasteiger partial charge in [-0.15, -0.1) is 0 Å². The minimum atomic E-state index is -0.357. The Kier molecular flexibility index (Phi) is 5.82. The molecule has 0 spiro atoms. The molecule has 3 aromatic carbocycles. The van der Waals surface area contributed by atoms with Gasteiger partial charge in [0.25, 0.3) is 5.56 Å². The van der Waals surface area contributed by atoms with E-state index < -0.39 is 0 Å². The maximum atomic E-state index is 13.6. The van der Waals surface area contributed by atoms with Crippen LogP contribution in [0, 0.1) is 0 Å². The largest absolute Gasteiger partial charge is 0.322 e. The van der Waals surface area contributed by atoms with Crippen molar-refractivity contribution in [2.45, 2.75) is 31.8 Å². The van der Waals surface area contributed by atoms with Crippen LogP contribution in [-0.4, -0.2) is 25.7 Å². The molecule has 0 aliphatic carbocycles. The Morgan fingerprint density at radius 1 is 1.11 bits per heavy atom. The monoisotopic (exact) mass is 511 g/mol. The van der Waals surface area contributed by atoms with Gasteiger partial charge in [0.05, 0.1) is 23.8 Å². The summed E-state index contributed by atoms with van der Waals surface area (Å²) in [6.07, 6.45) is 2.95. The third-order valence-electron chi connectivity index (χ3n) is 7.26. The van der Waals surface area contributed by atoms with Crippen molar-refractivity contribution in [3.05, 3.63) is 111 Å². The number of benzene rings is 3. The van der Waals surface area contributed by atoms with Crippen LogP contribution < -0.4 is 11.0 Å². The molecule has 7 nitrogen and oxygen atoms in total. The first-order chi connectivity index (χ1) is 17.9. The summed E-state index contributed by atoms with van der Waals surface area (Å²) in [7, 11) is 1.91. The lowest BCUT2D eigenvalue weighted by molar-refractivity contribution is -0.132. The van der Waals surface area contributed by atoms with Crippen LogP contribution in [0.4, 0.5) is 0 Å². The molecule has 186 valence electrons. The molecule has 1 saturated heterocycles. The molecular formula is C29H26ClN5O2. The van der Waals surface area contributed by atoms with E-state index in [1.165, 1.54) is 0 Å². The highest BCUT2D eigenvalue weighted by atomic mass is 35.5. The summed E-state index contributed by atoms with van der Waals surface area (Å²) >= 11 is 6.40. The van der Waals surface area contributed by atoms with Crippen molar-refractivity contribution in [2.75, 3.05) is 0 Å². The number of nitrogens with zero attached hydrogens (tertiary/aromatic N) is 3. The van der Waals surface area contributed by atoms with Gasteiger partial charge >= 0.3 is 0 Å². The molecule has 2 atom stereocenters. The highest BCUT2D eigenvalue weighted by Gasteiger charge is 2.38. The number of hydrazine groups is 1. The van der Waals surface area contributed by atoms with E-state index in [2.05, 4.69) is 33.7 Å². The molecule has 0 radical (unpaired) electrons. The van der Waals surface area contributed by atoms with Crippen LogP contribution >= 0.6 is 11.6 Å². The maximum absolute atomic E-state index is 13.6. The second-order valence-corrected chi connectivity index (χ2v) is 10.0. The van der Waals surface area contributed by atoms with Gasteiger partial charge in [0.15, 0.2) is 0 Å². The van der Waals surface area contributed by atoms with Gasteiger partial charge in [-0.05, 0) is 59.9 Å². The maximum Gasteiger partial charge on any atom is 0.253 e. The molecule has 5 aromatic rings. The minimum absolute atomic E-state index is 0.108. The molecule has 2 N–H and O–H groups in total.